The summed E-state index contributed by atoms with van der Waals surface area (Å²) >= 11 is 0. The molecule has 0 atom stereocenters. The lowest BCUT2D eigenvalue weighted by molar-refractivity contribution is -0.254. The Morgan fingerprint density at radius 3 is 2.53 bits per heavy atom. The van der Waals surface area contributed by atoms with Crippen LogP contribution >= 0.6 is 0 Å². The van der Waals surface area contributed by atoms with Gasteiger partial charge in [-0.2, -0.15) is 0 Å². The van der Waals surface area contributed by atoms with Crippen LogP contribution in [0.3, 0.4) is 0 Å². The second-order valence-corrected chi connectivity index (χ2v) is 2.69. The quantitative estimate of drug-likeness (QED) is 0.445. The molecule has 0 spiro atoms. The van der Waals surface area contributed by atoms with Crippen molar-refractivity contribution in [2.24, 2.45) is 0 Å². The summed E-state index contributed by atoms with van der Waals surface area (Å²) in [5, 5.41) is 27.9. The smallest absolute Gasteiger partial charge is 0.148 e. The van der Waals surface area contributed by atoms with Crippen LogP contribution in [0.25, 0.3) is 0 Å². The van der Waals surface area contributed by atoms with Crippen LogP contribution in [0.5, 0.6) is 5.75 Å². The molecule has 0 aliphatic heterocycles. The number of benzene rings is 1. The molecule has 0 heterocycles. The van der Waals surface area contributed by atoms with Crippen LogP contribution < -0.4 is 20.8 Å². The summed E-state index contributed by atoms with van der Waals surface area (Å²) in [6.45, 7) is 0. The van der Waals surface area contributed by atoms with Gasteiger partial charge in [0, 0.05) is 11.3 Å². The molecule has 0 saturated carbocycles. The molecule has 1 rings (SSSR count). The second-order valence-electron chi connectivity index (χ2n) is 2.69. The summed E-state index contributed by atoms with van der Waals surface area (Å²) in [5.41, 5.74) is 4.76. The van der Waals surface area contributed by atoms with Crippen molar-refractivity contribution in [3.63, 3.8) is 0 Å². The van der Waals surface area contributed by atoms with Crippen molar-refractivity contribution in [2.45, 2.75) is 0 Å². The predicted octanol–water partition coefficient (Wildman–Crippen LogP) is -0.774. The Bertz CT molecular complexity index is 391. The largest absolute Gasteiger partial charge is 0.545 e. The molecule has 0 radical (unpaired) electrons. The molecule has 1 aromatic rings. The Morgan fingerprint density at radius 2 is 2.13 bits per heavy atom. The van der Waals surface area contributed by atoms with Crippen molar-refractivity contribution in [1.29, 1.82) is 0 Å². The second kappa shape index (κ2) is 4.03. The van der Waals surface area contributed by atoms with E-state index in [1.807, 2.05) is 0 Å². The zero-order valence-electron chi connectivity index (χ0n) is 7.80. The number of carbonyl (C=O) groups excluding carboxylic acids is 1. The number of aromatic carboxylic acids is 1. The molecule has 0 aliphatic carbocycles. The number of hydrogen-bond donors (Lipinski definition) is 3. The van der Waals surface area contributed by atoms with E-state index in [9.17, 15) is 9.90 Å². The normalized spacial score (nSPS) is 9.80. The Hall–Kier alpha value is -1.99. The number of ether oxygens (including phenoxy) is 1. The van der Waals surface area contributed by atoms with Crippen LogP contribution in [0.15, 0.2) is 12.1 Å². The predicted molar refractivity (Wildman–Crippen MR) is 47.8 cm³/mol. The maximum absolute atomic E-state index is 10.6. The standard InChI is InChI=1S/C8H10N2O5/c1-15-7-2-4(8(11)12)5(9)3-6(7)10(13)14/h2-3,13-14H,9H2,1H3,(H,11,12)/p-1. The average molecular weight is 213 g/mol. The SMILES string of the molecule is COc1cc(C(=O)[O-])c(N)cc1N(O)O. The minimum Gasteiger partial charge on any atom is -0.545 e. The Morgan fingerprint density at radius 1 is 1.53 bits per heavy atom. The molecule has 15 heavy (non-hydrogen) atoms. The first-order valence-corrected chi connectivity index (χ1v) is 3.84. The van der Waals surface area contributed by atoms with Crippen molar-refractivity contribution in [2.75, 3.05) is 18.1 Å². The minimum absolute atomic E-state index is 0.0478. The molecule has 0 fully saturated rings. The molecular weight excluding hydrogens is 204 g/mol. The van der Waals surface area contributed by atoms with Crippen molar-refractivity contribution in [1.82, 2.24) is 0 Å². The number of carbonyl (C=O) groups is 1. The lowest BCUT2D eigenvalue weighted by Crippen LogP contribution is -2.24. The Kier molecular flexibility index (Phi) is 2.98. The van der Waals surface area contributed by atoms with Crippen LogP contribution in [0, 0.1) is 0 Å². The van der Waals surface area contributed by atoms with Crippen molar-refractivity contribution >= 4 is 17.3 Å². The molecule has 1 aromatic carbocycles. The number of nitrogens with zero attached hydrogens (tertiary/aromatic N) is 1. The number of rotatable bonds is 3. The van der Waals surface area contributed by atoms with Gasteiger partial charge in [-0.25, -0.2) is 0 Å². The summed E-state index contributed by atoms with van der Waals surface area (Å²) < 4.78 is 4.74. The Labute approximate surface area is 84.8 Å². The lowest BCUT2D eigenvalue weighted by Gasteiger charge is -2.16. The third kappa shape index (κ3) is 2.09. The van der Waals surface area contributed by atoms with Crippen LogP contribution in [-0.2, 0) is 0 Å². The van der Waals surface area contributed by atoms with Gasteiger partial charge in [0.1, 0.15) is 11.4 Å². The van der Waals surface area contributed by atoms with Gasteiger partial charge in [-0.15, -0.1) is 5.23 Å². The lowest BCUT2D eigenvalue weighted by atomic mass is 10.1. The van der Waals surface area contributed by atoms with E-state index >= 15 is 0 Å². The maximum atomic E-state index is 10.6. The Balaban J connectivity index is 3.35. The maximum Gasteiger partial charge on any atom is 0.148 e. The molecule has 7 heteroatoms. The molecule has 0 bridgehead atoms. The van der Waals surface area contributed by atoms with E-state index in [0.29, 0.717) is 0 Å². The summed E-state index contributed by atoms with van der Waals surface area (Å²) in [6, 6.07) is 2.09. The summed E-state index contributed by atoms with van der Waals surface area (Å²) in [6.07, 6.45) is 0. The van der Waals surface area contributed by atoms with Crippen molar-refractivity contribution in [3.8, 4) is 5.75 Å². The van der Waals surface area contributed by atoms with Crippen LogP contribution in [-0.4, -0.2) is 23.5 Å². The number of hydrogen-bond acceptors (Lipinski definition) is 7. The first-order valence-electron chi connectivity index (χ1n) is 3.84. The van der Waals surface area contributed by atoms with Crippen LogP contribution in [0.4, 0.5) is 11.4 Å². The van der Waals surface area contributed by atoms with E-state index in [0.717, 1.165) is 12.1 Å². The molecule has 0 unspecified atom stereocenters. The average Bonchev–Trinajstić information content (AvgIpc) is 2.16. The number of nitrogen functional groups attached to an aromatic ring is 1. The van der Waals surface area contributed by atoms with Gasteiger partial charge in [0.15, 0.2) is 0 Å². The van der Waals surface area contributed by atoms with Gasteiger partial charge in [-0.3, -0.25) is 10.4 Å². The number of methoxy groups -OCH3 is 1. The fraction of sp³-hybridized carbons (Fsp3) is 0.125. The topological polar surface area (TPSA) is 119 Å². The summed E-state index contributed by atoms with van der Waals surface area (Å²) in [7, 11) is 1.25. The molecule has 82 valence electrons. The number of carboxylic acid groups (broad SMARTS) is 1. The molecule has 0 aromatic heterocycles. The van der Waals surface area contributed by atoms with E-state index in [4.69, 9.17) is 20.9 Å². The van der Waals surface area contributed by atoms with Crippen LogP contribution in [0.1, 0.15) is 10.4 Å². The third-order valence-corrected chi connectivity index (χ3v) is 1.79. The number of nitrogens with two attached hydrogens (primary N) is 1. The van der Waals surface area contributed by atoms with Crippen molar-refractivity contribution in [3.05, 3.63) is 17.7 Å². The fourth-order valence-corrected chi connectivity index (χ4v) is 1.08. The zero-order valence-corrected chi connectivity index (χ0v) is 7.80. The van der Waals surface area contributed by atoms with Gasteiger partial charge in [0.05, 0.1) is 13.1 Å². The zero-order chi connectivity index (χ0) is 11.6. The van der Waals surface area contributed by atoms with Crippen LogP contribution in [0.2, 0.25) is 0 Å². The van der Waals surface area contributed by atoms with Gasteiger partial charge >= 0.3 is 0 Å². The highest BCUT2D eigenvalue weighted by Gasteiger charge is 2.12. The van der Waals surface area contributed by atoms with Gasteiger partial charge < -0.3 is 20.4 Å². The fourth-order valence-electron chi connectivity index (χ4n) is 1.08. The monoisotopic (exact) mass is 213 g/mol. The molecule has 7 nitrogen and oxygen atoms in total. The summed E-state index contributed by atoms with van der Waals surface area (Å²) in [4.78, 5) is 10.6. The van der Waals surface area contributed by atoms with Gasteiger partial charge in [0.2, 0.25) is 0 Å². The highest BCUT2D eigenvalue weighted by atomic mass is 16.8. The first kappa shape index (κ1) is 11.1. The first-order chi connectivity index (χ1) is 6.97. The van der Waals surface area contributed by atoms with Crippen molar-refractivity contribution < 1.29 is 25.1 Å². The van der Waals surface area contributed by atoms with E-state index in [-0.39, 0.29) is 27.9 Å². The third-order valence-electron chi connectivity index (χ3n) is 1.79. The van der Waals surface area contributed by atoms with E-state index in [2.05, 4.69) is 0 Å². The van der Waals surface area contributed by atoms with E-state index in [1.54, 1.807) is 0 Å². The minimum atomic E-state index is -1.47. The molecule has 0 amide bonds. The summed E-state index contributed by atoms with van der Waals surface area (Å²) in [5.74, 6) is -1.52. The van der Waals surface area contributed by atoms with E-state index < -0.39 is 5.97 Å². The van der Waals surface area contributed by atoms with Gasteiger partial charge in [0.25, 0.3) is 0 Å². The number of anilines is 2. The van der Waals surface area contributed by atoms with Gasteiger partial charge in [-0.1, -0.05) is 0 Å². The highest BCUT2D eigenvalue weighted by molar-refractivity contribution is 5.94. The number of carboxylic acids is 1. The highest BCUT2D eigenvalue weighted by Crippen LogP contribution is 2.31. The molecule has 0 saturated heterocycles. The molecule has 4 N–H and O–H groups in total. The molecule has 0 aliphatic rings. The van der Waals surface area contributed by atoms with Gasteiger partial charge in [-0.05, 0) is 12.1 Å². The molecular formula is C8H9N2O5-. The van der Waals surface area contributed by atoms with E-state index in [1.165, 1.54) is 7.11 Å².